The Bertz CT molecular complexity index is 474. The van der Waals surface area contributed by atoms with Crippen molar-refractivity contribution in [3.63, 3.8) is 0 Å². The SMILES string of the molecule is N=C(CC(CO)NC(=O)c1ccc(Cl)s1)C(=O)O. The van der Waals surface area contributed by atoms with Gasteiger partial charge in [0.25, 0.3) is 5.91 Å². The number of hydrogen-bond donors (Lipinski definition) is 4. The van der Waals surface area contributed by atoms with Crippen molar-refractivity contribution in [1.82, 2.24) is 5.32 Å². The van der Waals surface area contributed by atoms with Gasteiger partial charge in [0.1, 0.15) is 5.71 Å². The second kappa shape index (κ2) is 6.48. The monoisotopic (exact) mass is 290 g/mol. The Balaban J connectivity index is 2.61. The Morgan fingerprint density at radius 1 is 1.50 bits per heavy atom. The Hall–Kier alpha value is -1.44. The van der Waals surface area contributed by atoms with Gasteiger partial charge in [0.05, 0.1) is 21.9 Å². The predicted molar refractivity (Wildman–Crippen MR) is 67.6 cm³/mol. The molecule has 0 spiro atoms. The minimum absolute atomic E-state index is 0.239. The number of carboxylic acids is 1. The molecule has 6 nitrogen and oxygen atoms in total. The molecule has 0 aliphatic heterocycles. The van der Waals surface area contributed by atoms with E-state index in [0.717, 1.165) is 11.3 Å². The molecule has 1 aromatic rings. The third kappa shape index (κ3) is 4.10. The average molecular weight is 291 g/mol. The van der Waals surface area contributed by atoms with Crippen molar-refractivity contribution >= 4 is 40.5 Å². The van der Waals surface area contributed by atoms with E-state index in [1.54, 1.807) is 6.07 Å². The first-order chi connectivity index (χ1) is 8.43. The lowest BCUT2D eigenvalue weighted by Crippen LogP contribution is -2.39. The predicted octanol–water partition coefficient (Wildman–Crippen LogP) is 0.987. The van der Waals surface area contributed by atoms with Crippen molar-refractivity contribution in [2.75, 3.05) is 6.61 Å². The molecule has 1 atom stereocenters. The highest BCUT2D eigenvalue weighted by Gasteiger charge is 2.18. The quantitative estimate of drug-likeness (QED) is 0.585. The first kappa shape index (κ1) is 14.6. The van der Waals surface area contributed by atoms with E-state index in [4.69, 9.17) is 27.2 Å². The summed E-state index contributed by atoms with van der Waals surface area (Å²) in [5.41, 5.74) is -0.571. The molecule has 1 rings (SSSR count). The van der Waals surface area contributed by atoms with Crippen LogP contribution in [0.1, 0.15) is 16.1 Å². The van der Waals surface area contributed by atoms with Crippen molar-refractivity contribution in [3.8, 4) is 0 Å². The van der Waals surface area contributed by atoms with Gasteiger partial charge in [0, 0.05) is 6.42 Å². The number of aliphatic hydroxyl groups excluding tert-OH is 1. The van der Waals surface area contributed by atoms with Crippen molar-refractivity contribution in [3.05, 3.63) is 21.3 Å². The van der Waals surface area contributed by atoms with Gasteiger partial charge in [-0.05, 0) is 12.1 Å². The van der Waals surface area contributed by atoms with Crippen molar-refractivity contribution in [2.24, 2.45) is 0 Å². The largest absolute Gasteiger partial charge is 0.477 e. The summed E-state index contributed by atoms with van der Waals surface area (Å²) in [5.74, 6) is -1.83. The molecule has 0 aliphatic carbocycles. The molecule has 0 bridgehead atoms. The molecule has 0 aromatic carbocycles. The van der Waals surface area contributed by atoms with Crippen LogP contribution in [0.5, 0.6) is 0 Å². The normalized spacial score (nSPS) is 11.9. The zero-order valence-corrected chi connectivity index (χ0v) is 10.7. The maximum Gasteiger partial charge on any atom is 0.349 e. The van der Waals surface area contributed by atoms with E-state index in [1.807, 2.05) is 0 Å². The number of carbonyl (C=O) groups is 2. The van der Waals surface area contributed by atoms with E-state index >= 15 is 0 Å². The van der Waals surface area contributed by atoms with E-state index < -0.39 is 30.2 Å². The fraction of sp³-hybridized carbons (Fsp3) is 0.300. The molecule has 0 radical (unpaired) electrons. The number of carbonyl (C=O) groups excluding carboxylic acids is 1. The summed E-state index contributed by atoms with van der Waals surface area (Å²) in [7, 11) is 0. The van der Waals surface area contributed by atoms with Crippen LogP contribution < -0.4 is 5.32 Å². The molecule has 98 valence electrons. The second-order valence-electron chi connectivity index (χ2n) is 3.44. The summed E-state index contributed by atoms with van der Waals surface area (Å²) >= 11 is 6.75. The number of nitrogens with one attached hydrogen (secondary N) is 2. The number of aliphatic carboxylic acids is 1. The van der Waals surface area contributed by atoms with Gasteiger partial charge in [-0.3, -0.25) is 10.2 Å². The fourth-order valence-electron chi connectivity index (χ4n) is 1.19. The first-order valence-electron chi connectivity index (χ1n) is 4.91. The van der Waals surface area contributed by atoms with Crippen molar-refractivity contribution in [2.45, 2.75) is 12.5 Å². The third-order valence-corrected chi connectivity index (χ3v) is 3.29. The van der Waals surface area contributed by atoms with Crippen LogP contribution >= 0.6 is 22.9 Å². The average Bonchev–Trinajstić information content (AvgIpc) is 2.74. The molecule has 1 aromatic heterocycles. The Morgan fingerprint density at radius 3 is 2.61 bits per heavy atom. The van der Waals surface area contributed by atoms with Gasteiger partial charge >= 0.3 is 5.97 Å². The lowest BCUT2D eigenvalue weighted by Gasteiger charge is -2.14. The number of rotatable bonds is 6. The first-order valence-corrected chi connectivity index (χ1v) is 6.11. The van der Waals surface area contributed by atoms with Gasteiger partial charge in [-0.15, -0.1) is 11.3 Å². The smallest absolute Gasteiger partial charge is 0.349 e. The molecule has 4 N–H and O–H groups in total. The highest BCUT2D eigenvalue weighted by Crippen LogP contribution is 2.21. The van der Waals surface area contributed by atoms with E-state index in [-0.39, 0.29) is 6.42 Å². The minimum atomic E-state index is -1.37. The molecule has 0 aliphatic rings. The Labute approximate surface area is 112 Å². The fourth-order valence-corrected chi connectivity index (χ4v) is 2.13. The number of carboxylic acid groups (broad SMARTS) is 1. The molecule has 0 fully saturated rings. The van der Waals surface area contributed by atoms with E-state index in [0.29, 0.717) is 9.21 Å². The molecule has 8 heteroatoms. The molecule has 0 saturated carbocycles. The summed E-state index contributed by atoms with van der Waals surface area (Å²) in [4.78, 5) is 22.5. The summed E-state index contributed by atoms with van der Waals surface area (Å²) < 4.78 is 0.457. The lowest BCUT2D eigenvalue weighted by atomic mass is 10.1. The molecular weight excluding hydrogens is 280 g/mol. The van der Waals surface area contributed by atoms with E-state index in [2.05, 4.69) is 5.32 Å². The molecule has 1 amide bonds. The summed E-state index contributed by atoms with van der Waals surface area (Å²) in [6, 6.07) is 2.29. The van der Waals surface area contributed by atoms with Gasteiger partial charge in [-0.1, -0.05) is 11.6 Å². The third-order valence-electron chi connectivity index (χ3n) is 2.06. The van der Waals surface area contributed by atoms with Crippen LogP contribution in [-0.4, -0.2) is 40.4 Å². The maximum absolute atomic E-state index is 11.7. The van der Waals surface area contributed by atoms with E-state index in [1.165, 1.54) is 6.07 Å². The van der Waals surface area contributed by atoms with Crippen LogP contribution in [0.15, 0.2) is 12.1 Å². The zero-order chi connectivity index (χ0) is 13.7. The zero-order valence-electron chi connectivity index (χ0n) is 9.14. The molecule has 1 unspecified atom stereocenters. The summed E-state index contributed by atoms with van der Waals surface area (Å²) in [5, 5.41) is 27.2. The lowest BCUT2D eigenvalue weighted by molar-refractivity contribution is -0.129. The molecule has 18 heavy (non-hydrogen) atoms. The molecule has 1 heterocycles. The second-order valence-corrected chi connectivity index (χ2v) is 5.16. The van der Waals surface area contributed by atoms with Gasteiger partial charge in [-0.25, -0.2) is 4.79 Å². The summed E-state index contributed by atoms with van der Waals surface area (Å²) in [6.07, 6.45) is -0.239. The topological polar surface area (TPSA) is 110 Å². The van der Waals surface area contributed by atoms with Crippen molar-refractivity contribution in [1.29, 1.82) is 5.41 Å². The number of aliphatic hydroxyl groups is 1. The van der Waals surface area contributed by atoms with Crippen LogP contribution in [0.2, 0.25) is 4.34 Å². The minimum Gasteiger partial charge on any atom is -0.477 e. The van der Waals surface area contributed by atoms with Crippen LogP contribution in [0, 0.1) is 5.41 Å². The Kier molecular flexibility index (Phi) is 5.26. The highest BCUT2D eigenvalue weighted by atomic mass is 35.5. The van der Waals surface area contributed by atoms with E-state index in [9.17, 15) is 9.59 Å². The number of hydrogen-bond acceptors (Lipinski definition) is 5. The van der Waals surface area contributed by atoms with Crippen molar-refractivity contribution < 1.29 is 19.8 Å². The number of halogens is 1. The van der Waals surface area contributed by atoms with Crippen LogP contribution in [0.25, 0.3) is 0 Å². The standard InChI is InChI=1S/C10H11ClN2O4S/c11-8-2-1-7(18-8)9(15)13-5(4-14)3-6(12)10(16)17/h1-2,5,12,14H,3-4H2,(H,13,15)(H,16,17). The highest BCUT2D eigenvalue weighted by molar-refractivity contribution is 7.18. The summed E-state index contributed by atoms with van der Waals surface area (Å²) in [6.45, 7) is -0.444. The molecular formula is C10H11ClN2O4S. The van der Waals surface area contributed by atoms with Gasteiger partial charge in [-0.2, -0.15) is 0 Å². The van der Waals surface area contributed by atoms with Crippen LogP contribution in [0.3, 0.4) is 0 Å². The Morgan fingerprint density at radius 2 is 2.17 bits per heavy atom. The van der Waals surface area contributed by atoms with Crippen LogP contribution in [-0.2, 0) is 4.79 Å². The number of amides is 1. The maximum atomic E-state index is 11.7. The van der Waals surface area contributed by atoms with Gasteiger partial charge in [0.2, 0.25) is 0 Å². The number of thiophene rings is 1. The van der Waals surface area contributed by atoms with Crippen LogP contribution in [0.4, 0.5) is 0 Å². The van der Waals surface area contributed by atoms with Gasteiger partial charge < -0.3 is 15.5 Å². The van der Waals surface area contributed by atoms with Gasteiger partial charge in [0.15, 0.2) is 0 Å². The molecule has 0 saturated heterocycles.